The van der Waals surface area contributed by atoms with Crippen molar-refractivity contribution in [3.8, 4) is 0 Å². The van der Waals surface area contributed by atoms with Crippen LogP contribution < -0.4 is 15.5 Å². The van der Waals surface area contributed by atoms with E-state index in [0.717, 1.165) is 25.0 Å². The normalized spacial score (nSPS) is 19.3. The second kappa shape index (κ2) is 11.2. The van der Waals surface area contributed by atoms with Gasteiger partial charge in [0.25, 0.3) is 0 Å². The first-order valence-corrected chi connectivity index (χ1v) is 10.6. The Morgan fingerprint density at radius 2 is 1.96 bits per heavy atom. The van der Waals surface area contributed by atoms with Crippen molar-refractivity contribution in [1.82, 2.24) is 15.5 Å². The lowest BCUT2D eigenvalue weighted by Crippen LogP contribution is -2.40. The molecule has 2 aliphatic rings. The number of guanidine groups is 1. The summed E-state index contributed by atoms with van der Waals surface area (Å²) >= 11 is 0. The van der Waals surface area contributed by atoms with E-state index in [1.165, 1.54) is 50.0 Å². The zero-order valence-corrected chi connectivity index (χ0v) is 20.3. The number of benzene rings is 1. The quantitative estimate of drug-likeness (QED) is 0.324. The third-order valence-electron chi connectivity index (χ3n) is 5.80. The van der Waals surface area contributed by atoms with Gasteiger partial charge in [0.2, 0.25) is 0 Å². The van der Waals surface area contributed by atoms with Crippen molar-refractivity contribution >= 4 is 35.6 Å². The number of aliphatic imine (C=N–C) groups is 1. The van der Waals surface area contributed by atoms with Crippen LogP contribution in [0.2, 0.25) is 0 Å². The van der Waals surface area contributed by atoms with E-state index in [4.69, 9.17) is 4.99 Å². The van der Waals surface area contributed by atoms with Gasteiger partial charge in [0, 0.05) is 31.4 Å². The molecule has 2 atom stereocenters. The number of rotatable bonds is 8. The Morgan fingerprint density at radius 3 is 2.57 bits per heavy atom. The van der Waals surface area contributed by atoms with E-state index < -0.39 is 0 Å². The first-order chi connectivity index (χ1) is 13.1. The molecule has 158 valence electrons. The Kier molecular flexibility index (Phi) is 9.34. The summed E-state index contributed by atoms with van der Waals surface area (Å²) in [5.41, 5.74) is 2.67. The van der Waals surface area contributed by atoms with Crippen LogP contribution in [0.25, 0.3) is 0 Å². The van der Waals surface area contributed by atoms with Crippen molar-refractivity contribution in [2.24, 2.45) is 10.9 Å². The average molecular weight is 499 g/mol. The van der Waals surface area contributed by atoms with Gasteiger partial charge in [-0.25, -0.2) is 0 Å². The highest BCUT2D eigenvalue weighted by Crippen LogP contribution is 2.34. The van der Waals surface area contributed by atoms with Gasteiger partial charge >= 0.3 is 0 Å². The molecule has 1 heterocycles. The molecule has 2 unspecified atom stereocenters. The summed E-state index contributed by atoms with van der Waals surface area (Å²) in [6, 6.07) is 9.74. The van der Waals surface area contributed by atoms with Gasteiger partial charge in [0.1, 0.15) is 0 Å². The van der Waals surface area contributed by atoms with Gasteiger partial charge in [-0.05, 0) is 77.2 Å². The molecule has 28 heavy (non-hydrogen) atoms. The number of hydrogen-bond donors (Lipinski definition) is 2. The molecule has 1 aromatic rings. The van der Waals surface area contributed by atoms with Gasteiger partial charge in [0.15, 0.2) is 5.96 Å². The van der Waals surface area contributed by atoms with Crippen LogP contribution in [0.4, 0.5) is 5.69 Å². The highest BCUT2D eigenvalue weighted by Gasteiger charge is 2.32. The van der Waals surface area contributed by atoms with Crippen LogP contribution in [0.15, 0.2) is 29.3 Å². The first kappa shape index (κ1) is 23.3. The van der Waals surface area contributed by atoms with E-state index in [0.29, 0.717) is 6.04 Å². The molecule has 6 heteroatoms. The summed E-state index contributed by atoms with van der Waals surface area (Å²) in [6.07, 6.45) is 5.32. The Hall–Kier alpha value is -1.02. The highest BCUT2D eigenvalue weighted by atomic mass is 127. The summed E-state index contributed by atoms with van der Waals surface area (Å²) in [7, 11) is 4.34. The predicted molar refractivity (Wildman–Crippen MR) is 131 cm³/mol. The Labute approximate surface area is 188 Å². The van der Waals surface area contributed by atoms with Gasteiger partial charge in [-0.1, -0.05) is 12.1 Å². The minimum Gasteiger partial charge on any atom is -0.372 e. The topological polar surface area (TPSA) is 42.9 Å². The zero-order chi connectivity index (χ0) is 19.2. The number of hydrogen-bond acceptors (Lipinski definition) is 3. The van der Waals surface area contributed by atoms with E-state index in [-0.39, 0.29) is 30.0 Å². The standard InChI is InChI=1S/C22H37N5.HI/c1-5-23-22(24-16-21(26(3)4)18-11-12-18)25-17(2)19-9-8-10-20(15-19)27-13-6-7-14-27;/h8-10,15,17-18,21H,5-7,11-14,16H2,1-4H3,(H2,23,24,25);1H. The molecular weight excluding hydrogens is 461 g/mol. The molecule has 0 amide bonds. The largest absolute Gasteiger partial charge is 0.372 e. The summed E-state index contributed by atoms with van der Waals surface area (Å²) in [6.45, 7) is 8.45. The van der Waals surface area contributed by atoms with Crippen LogP contribution in [0.3, 0.4) is 0 Å². The second-order valence-corrected chi connectivity index (χ2v) is 8.24. The maximum absolute atomic E-state index is 4.90. The van der Waals surface area contributed by atoms with E-state index in [1.807, 2.05) is 0 Å². The molecule has 2 N–H and O–H groups in total. The molecule has 0 spiro atoms. The monoisotopic (exact) mass is 499 g/mol. The molecule has 1 aromatic carbocycles. The van der Waals surface area contributed by atoms with E-state index in [9.17, 15) is 0 Å². The Balaban J connectivity index is 0.00000280. The lowest BCUT2D eigenvalue weighted by Gasteiger charge is -2.24. The van der Waals surface area contributed by atoms with Crippen LogP contribution in [0, 0.1) is 5.92 Å². The van der Waals surface area contributed by atoms with E-state index in [2.05, 4.69) is 72.6 Å². The molecular formula is C22H38IN5. The van der Waals surface area contributed by atoms with Gasteiger partial charge in [-0.3, -0.25) is 4.99 Å². The third-order valence-corrected chi connectivity index (χ3v) is 5.80. The van der Waals surface area contributed by atoms with Crippen molar-refractivity contribution in [2.45, 2.75) is 51.6 Å². The average Bonchev–Trinajstić information content (AvgIpc) is 3.33. The smallest absolute Gasteiger partial charge is 0.191 e. The van der Waals surface area contributed by atoms with Gasteiger partial charge in [-0.15, -0.1) is 24.0 Å². The Morgan fingerprint density at radius 1 is 1.25 bits per heavy atom. The Bertz CT molecular complexity index is 621. The highest BCUT2D eigenvalue weighted by molar-refractivity contribution is 14.0. The molecule has 1 saturated heterocycles. The summed E-state index contributed by atoms with van der Waals surface area (Å²) in [4.78, 5) is 9.72. The lowest BCUT2D eigenvalue weighted by atomic mass is 10.1. The summed E-state index contributed by atoms with van der Waals surface area (Å²) in [5, 5.41) is 7.02. The van der Waals surface area contributed by atoms with Gasteiger partial charge in [-0.2, -0.15) is 0 Å². The first-order valence-electron chi connectivity index (χ1n) is 10.6. The second-order valence-electron chi connectivity index (χ2n) is 8.24. The molecule has 3 rings (SSSR count). The van der Waals surface area contributed by atoms with E-state index in [1.54, 1.807) is 0 Å². The predicted octanol–water partition coefficient (Wildman–Crippen LogP) is 3.86. The van der Waals surface area contributed by atoms with Crippen LogP contribution in [0.1, 0.15) is 51.1 Å². The van der Waals surface area contributed by atoms with Crippen molar-refractivity contribution in [2.75, 3.05) is 45.2 Å². The van der Waals surface area contributed by atoms with Crippen LogP contribution in [-0.4, -0.2) is 57.2 Å². The fraction of sp³-hybridized carbons (Fsp3) is 0.682. The fourth-order valence-electron chi connectivity index (χ4n) is 3.97. The number of likely N-dealkylation sites (N-methyl/N-ethyl adjacent to an activating group) is 1. The van der Waals surface area contributed by atoms with Crippen molar-refractivity contribution in [1.29, 1.82) is 0 Å². The molecule has 2 fully saturated rings. The van der Waals surface area contributed by atoms with Gasteiger partial charge in [0.05, 0.1) is 12.6 Å². The molecule has 0 bridgehead atoms. The lowest BCUT2D eigenvalue weighted by molar-refractivity contribution is 0.271. The summed E-state index contributed by atoms with van der Waals surface area (Å²) < 4.78 is 0. The molecule has 0 radical (unpaired) electrons. The van der Waals surface area contributed by atoms with Crippen LogP contribution >= 0.6 is 24.0 Å². The van der Waals surface area contributed by atoms with Gasteiger partial charge < -0.3 is 20.4 Å². The molecule has 1 saturated carbocycles. The molecule has 0 aromatic heterocycles. The third kappa shape index (κ3) is 6.51. The zero-order valence-electron chi connectivity index (χ0n) is 17.9. The number of nitrogens with one attached hydrogen (secondary N) is 2. The van der Waals surface area contributed by atoms with Crippen molar-refractivity contribution in [3.05, 3.63) is 29.8 Å². The van der Waals surface area contributed by atoms with E-state index >= 15 is 0 Å². The van der Waals surface area contributed by atoms with Crippen molar-refractivity contribution in [3.63, 3.8) is 0 Å². The summed E-state index contributed by atoms with van der Waals surface area (Å²) in [5.74, 6) is 1.74. The molecule has 5 nitrogen and oxygen atoms in total. The molecule has 1 aliphatic heterocycles. The maximum Gasteiger partial charge on any atom is 0.191 e. The number of anilines is 1. The fourth-order valence-corrected chi connectivity index (χ4v) is 3.97. The number of halogens is 1. The van der Waals surface area contributed by atoms with Crippen LogP contribution in [-0.2, 0) is 0 Å². The minimum atomic E-state index is 0. The minimum absolute atomic E-state index is 0. The van der Waals surface area contributed by atoms with Crippen LogP contribution in [0.5, 0.6) is 0 Å². The maximum atomic E-state index is 4.90. The van der Waals surface area contributed by atoms with Crippen molar-refractivity contribution < 1.29 is 0 Å². The SMILES string of the molecule is CCNC(=NCC(C1CC1)N(C)C)NC(C)c1cccc(N2CCCC2)c1.I. The number of nitrogens with zero attached hydrogens (tertiary/aromatic N) is 3. The molecule has 1 aliphatic carbocycles.